The predicted octanol–water partition coefficient (Wildman–Crippen LogP) is 3.92. The maximum atomic E-state index is 13.2. The number of fused-ring (bicyclic) bond motifs is 1. The van der Waals surface area contributed by atoms with Gasteiger partial charge in [-0.1, -0.05) is 6.07 Å². The van der Waals surface area contributed by atoms with Crippen molar-refractivity contribution in [3.63, 3.8) is 0 Å². The summed E-state index contributed by atoms with van der Waals surface area (Å²) >= 11 is 0. The van der Waals surface area contributed by atoms with Crippen molar-refractivity contribution in [3.8, 4) is 28.3 Å². The lowest BCUT2D eigenvalue weighted by molar-refractivity contribution is -0.0502. The van der Waals surface area contributed by atoms with Crippen LogP contribution in [-0.4, -0.2) is 45.4 Å². The number of rotatable bonds is 7. The molecule has 0 radical (unpaired) electrons. The number of methoxy groups -OCH3 is 1. The monoisotopic (exact) mass is 439 g/mol. The van der Waals surface area contributed by atoms with Crippen molar-refractivity contribution in [2.24, 2.45) is 0 Å². The molecule has 5 rings (SSSR count). The molecule has 4 aromatic rings. The first kappa shape index (κ1) is 20.0. The molecule has 1 fully saturated rings. The van der Waals surface area contributed by atoms with Gasteiger partial charge < -0.3 is 14.8 Å². The van der Waals surface area contributed by atoms with Crippen LogP contribution in [0.2, 0.25) is 0 Å². The third kappa shape index (κ3) is 3.75. The third-order valence-electron chi connectivity index (χ3n) is 5.28. The Morgan fingerprint density at radius 2 is 2.03 bits per heavy atom. The highest BCUT2D eigenvalue weighted by Crippen LogP contribution is 2.35. The largest absolute Gasteiger partial charge is 0.496 e. The van der Waals surface area contributed by atoms with E-state index in [-0.39, 0.29) is 23.1 Å². The lowest BCUT2D eigenvalue weighted by Crippen LogP contribution is -2.27. The number of benzene rings is 2. The second-order valence-electron chi connectivity index (χ2n) is 7.45. The maximum absolute atomic E-state index is 13.2. The smallest absolute Gasteiger partial charge is 0.387 e. The van der Waals surface area contributed by atoms with Crippen molar-refractivity contribution in [3.05, 3.63) is 54.6 Å². The summed E-state index contributed by atoms with van der Waals surface area (Å²) in [6.07, 6.45) is 6.79. The van der Waals surface area contributed by atoms with Crippen molar-refractivity contribution < 1.29 is 23.0 Å². The number of imidazole rings is 1. The molecule has 164 valence electrons. The van der Waals surface area contributed by atoms with Gasteiger partial charge in [0.15, 0.2) is 0 Å². The summed E-state index contributed by atoms with van der Waals surface area (Å²) in [6, 6.07) is 8.73. The van der Waals surface area contributed by atoms with Gasteiger partial charge in [0.2, 0.25) is 0 Å². The fourth-order valence-electron chi connectivity index (χ4n) is 3.58. The van der Waals surface area contributed by atoms with Crippen LogP contribution in [0.4, 0.5) is 8.78 Å². The summed E-state index contributed by atoms with van der Waals surface area (Å²) in [5, 5.41) is 9.52. The Kier molecular flexibility index (Phi) is 4.96. The van der Waals surface area contributed by atoms with E-state index in [1.807, 2.05) is 18.2 Å². The van der Waals surface area contributed by atoms with Gasteiger partial charge in [0, 0.05) is 29.9 Å². The minimum atomic E-state index is -3.10. The number of ether oxygens (including phenoxy) is 2. The van der Waals surface area contributed by atoms with E-state index in [0.29, 0.717) is 11.2 Å². The summed E-state index contributed by atoms with van der Waals surface area (Å²) in [6.45, 7) is -3.10. The van der Waals surface area contributed by atoms with Gasteiger partial charge in [0.1, 0.15) is 23.4 Å². The normalized spacial score (nSPS) is 13.5. The first-order chi connectivity index (χ1) is 15.5. The summed E-state index contributed by atoms with van der Waals surface area (Å²) in [5.41, 5.74) is 3.71. The molecular weight excluding hydrogens is 420 g/mol. The van der Waals surface area contributed by atoms with Gasteiger partial charge in [-0.2, -0.15) is 13.9 Å². The van der Waals surface area contributed by atoms with Crippen LogP contribution in [-0.2, 0) is 0 Å². The SMILES string of the molecule is COc1cc(-n2cnc3cc(-c4cn[nH]c4)ccc32)cc(OC(F)F)c1C(=O)NC1CC1. The molecule has 0 saturated heterocycles. The van der Waals surface area contributed by atoms with E-state index in [1.54, 1.807) is 29.4 Å². The molecule has 2 aromatic carbocycles. The van der Waals surface area contributed by atoms with Gasteiger partial charge in [0.05, 0.1) is 30.0 Å². The number of hydrogen-bond acceptors (Lipinski definition) is 5. The number of halogens is 2. The molecule has 10 heteroatoms. The van der Waals surface area contributed by atoms with Gasteiger partial charge in [-0.25, -0.2) is 4.98 Å². The Bertz CT molecular complexity index is 1280. The summed E-state index contributed by atoms with van der Waals surface area (Å²) in [7, 11) is 1.38. The van der Waals surface area contributed by atoms with Crippen molar-refractivity contribution in [2.75, 3.05) is 7.11 Å². The molecule has 8 nitrogen and oxygen atoms in total. The zero-order valence-corrected chi connectivity index (χ0v) is 17.0. The zero-order valence-electron chi connectivity index (χ0n) is 17.0. The number of nitrogens with one attached hydrogen (secondary N) is 2. The molecule has 32 heavy (non-hydrogen) atoms. The first-order valence-corrected chi connectivity index (χ1v) is 9.98. The second kappa shape index (κ2) is 7.95. The van der Waals surface area contributed by atoms with Crippen LogP contribution in [0.25, 0.3) is 27.8 Å². The molecule has 0 spiro atoms. The summed E-state index contributed by atoms with van der Waals surface area (Å²) in [5.74, 6) is -0.635. The minimum Gasteiger partial charge on any atom is -0.496 e. The Morgan fingerprint density at radius 3 is 2.72 bits per heavy atom. The molecule has 0 unspecified atom stereocenters. The number of alkyl halides is 2. The van der Waals surface area contributed by atoms with Crippen molar-refractivity contribution in [2.45, 2.75) is 25.5 Å². The number of carbonyl (C=O) groups is 1. The quantitative estimate of drug-likeness (QED) is 0.455. The van der Waals surface area contributed by atoms with Gasteiger partial charge in [-0.15, -0.1) is 0 Å². The molecule has 0 bridgehead atoms. The molecule has 0 aliphatic heterocycles. The van der Waals surface area contributed by atoms with E-state index in [9.17, 15) is 13.6 Å². The average molecular weight is 439 g/mol. The number of amides is 1. The van der Waals surface area contributed by atoms with E-state index in [4.69, 9.17) is 9.47 Å². The summed E-state index contributed by atoms with van der Waals surface area (Å²) in [4.78, 5) is 17.1. The molecule has 2 heterocycles. The number of hydrogen-bond donors (Lipinski definition) is 2. The van der Waals surface area contributed by atoms with Gasteiger partial charge >= 0.3 is 6.61 Å². The van der Waals surface area contributed by atoms with Gasteiger partial charge in [-0.05, 0) is 30.5 Å². The first-order valence-electron chi connectivity index (χ1n) is 9.98. The summed E-state index contributed by atoms with van der Waals surface area (Å²) < 4.78 is 38.1. The molecule has 1 aliphatic rings. The van der Waals surface area contributed by atoms with Crippen LogP contribution >= 0.6 is 0 Å². The lowest BCUT2D eigenvalue weighted by Gasteiger charge is -2.17. The molecular formula is C22H19F2N5O3. The van der Waals surface area contributed by atoms with Gasteiger partial charge in [-0.3, -0.25) is 14.5 Å². The topological polar surface area (TPSA) is 94.1 Å². The van der Waals surface area contributed by atoms with Crippen molar-refractivity contribution in [1.82, 2.24) is 25.1 Å². The molecule has 0 atom stereocenters. The van der Waals surface area contributed by atoms with Crippen LogP contribution in [0.15, 0.2) is 49.1 Å². The number of aromatic nitrogens is 4. The van der Waals surface area contributed by atoms with Crippen LogP contribution in [0.1, 0.15) is 23.2 Å². The van der Waals surface area contributed by atoms with Gasteiger partial charge in [0.25, 0.3) is 5.91 Å². The number of carbonyl (C=O) groups excluding carboxylic acids is 1. The van der Waals surface area contributed by atoms with Crippen LogP contribution < -0.4 is 14.8 Å². The number of H-pyrrole nitrogens is 1. The Balaban J connectivity index is 1.59. The van der Waals surface area contributed by atoms with Crippen molar-refractivity contribution >= 4 is 16.9 Å². The number of nitrogens with zero attached hydrogens (tertiary/aromatic N) is 3. The third-order valence-corrected chi connectivity index (χ3v) is 5.28. The predicted molar refractivity (Wildman–Crippen MR) is 112 cm³/mol. The highest BCUT2D eigenvalue weighted by Gasteiger charge is 2.29. The molecule has 1 aliphatic carbocycles. The molecule has 1 saturated carbocycles. The van der Waals surface area contributed by atoms with E-state index < -0.39 is 12.5 Å². The van der Waals surface area contributed by atoms with Crippen LogP contribution in [0.3, 0.4) is 0 Å². The van der Waals surface area contributed by atoms with E-state index in [1.165, 1.54) is 13.2 Å². The zero-order chi connectivity index (χ0) is 22.2. The Hall–Kier alpha value is -3.95. The average Bonchev–Trinajstić information content (AvgIpc) is 3.26. The minimum absolute atomic E-state index is 0.0493. The van der Waals surface area contributed by atoms with Crippen LogP contribution in [0.5, 0.6) is 11.5 Å². The van der Waals surface area contributed by atoms with E-state index in [0.717, 1.165) is 29.5 Å². The van der Waals surface area contributed by atoms with Crippen molar-refractivity contribution in [1.29, 1.82) is 0 Å². The van der Waals surface area contributed by atoms with E-state index in [2.05, 4.69) is 20.5 Å². The highest BCUT2D eigenvalue weighted by molar-refractivity contribution is 6.00. The lowest BCUT2D eigenvalue weighted by atomic mass is 10.1. The molecule has 2 N–H and O–H groups in total. The number of aromatic amines is 1. The standard InChI is InChI=1S/C22H19F2N5O3/c1-31-18-7-15(8-19(32-22(23)24)20(18)21(30)28-14-3-4-14)29-11-25-16-6-12(2-5-17(16)29)13-9-26-27-10-13/h2,5-11,14,22H,3-4H2,1H3,(H,26,27)(H,28,30). The fraction of sp³-hybridized carbons (Fsp3) is 0.227. The molecule has 1 amide bonds. The molecule has 2 aromatic heterocycles. The Labute approximate surface area is 181 Å². The Morgan fingerprint density at radius 1 is 1.22 bits per heavy atom. The fourth-order valence-corrected chi connectivity index (χ4v) is 3.58. The highest BCUT2D eigenvalue weighted by atomic mass is 19.3. The second-order valence-corrected chi connectivity index (χ2v) is 7.45. The maximum Gasteiger partial charge on any atom is 0.387 e. The van der Waals surface area contributed by atoms with Crippen LogP contribution in [0, 0.1) is 0 Å². The van der Waals surface area contributed by atoms with E-state index >= 15 is 0 Å².